The highest BCUT2D eigenvalue weighted by Crippen LogP contribution is 2.48. The van der Waals surface area contributed by atoms with E-state index in [0.717, 1.165) is 37.8 Å². The van der Waals surface area contributed by atoms with Gasteiger partial charge < -0.3 is 4.90 Å². The minimum atomic E-state index is -0.655. The summed E-state index contributed by atoms with van der Waals surface area (Å²) >= 11 is 0. The van der Waals surface area contributed by atoms with Gasteiger partial charge in [0.15, 0.2) is 0 Å². The van der Waals surface area contributed by atoms with Crippen molar-refractivity contribution in [2.24, 2.45) is 23.2 Å². The number of rotatable bonds is 1. The molecule has 2 aliphatic carbocycles. The molecule has 2 atom stereocenters. The predicted octanol–water partition coefficient (Wildman–Crippen LogP) is 2.18. The highest BCUT2D eigenvalue weighted by Gasteiger charge is 2.52. The van der Waals surface area contributed by atoms with E-state index in [2.05, 4.69) is 13.0 Å². The molecular formula is C14H20N2O. The standard InChI is InChI=1S/C14H20N2O/c1-10-5-14(6-10,9-15)13(17)16-7-11-3-2-4-12(11)8-16/h10-12H,2-8H2,1H3. The first kappa shape index (κ1) is 11.1. The van der Waals surface area contributed by atoms with Crippen molar-refractivity contribution < 1.29 is 4.79 Å². The van der Waals surface area contributed by atoms with E-state index in [0.29, 0.717) is 5.92 Å². The van der Waals surface area contributed by atoms with Crippen molar-refractivity contribution in [1.82, 2.24) is 4.90 Å². The van der Waals surface area contributed by atoms with Crippen LogP contribution in [0.2, 0.25) is 0 Å². The number of hydrogen-bond donors (Lipinski definition) is 0. The molecule has 1 aliphatic heterocycles. The van der Waals surface area contributed by atoms with Crippen molar-refractivity contribution >= 4 is 5.91 Å². The molecule has 1 amide bonds. The summed E-state index contributed by atoms with van der Waals surface area (Å²) in [5.74, 6) is 2.13. The number of carbonyl (C=O) groups excluding carboxylic acids is 1. The van der Waals surface area contributed by atoms with E-state index >= 15 is 0 Å². The molecule has 3 aliphatic rings. The summed E-state index contributed by atoms with van der Waals surface area (Å²) in [4.78, 5) is 14.5. The maximum Gasteiger partial charge on any atom is 0.243 e. The minimum absolute atomic E-state index is 0.132. The van der Waals surface area contributed by atoms with Crippen LogP contribution in [0.4, 0.5) is 0 Å². The van der Waals surface area contributed by atoms with Crippen molar-refractivity contribution in [3.63, 3.8) is 0 Å². The van der Waals surface area contributed by atoms with Crippen LogP contribution in [0.3, 0.4) is 0 Å². The summed E-state index contributed by atoms with van der Waals surface area (Å²) in [6.07, 6.45) is 5.44. The van der Waals surface area contributed by atoms with Crippen LogP contribution in [-0.2, 0) is 4.79 Å². The lowest BCUT2D eigenvalue weighted by molar-refractivity contribution is -0.144. The SMILES string of the molecule is CC1CC(C#N)(C(=O)N2CC3CCCC3C2)C1. The number of nitriles is 1. The van der Waals surface area contributed by atoms with Crippen LogP contribution >= 0.6 is 0 Å². The highest BCUT2D eigenvalue weighted by molar-refractivity contribution is 5.86. The van der Waals surface area contributed by atoms with Gasteiger partial charge >= 0.3 is 0 Å². The number of likely N-dealkylation sites (tertiary alicyclic amines) is 1. The van der Waals surface area contributed by atoms with Gasteiger partial charge in [0, 0.05) is 13.1 Å². The van der Waals surface area contributed by atoms with E-state index in [4.69, 9.17) is 0 Å². The Morgan fingerprint density at radius 2 is 1.88 bits per heavy atom. The molecule has 2 saturated carbocycles. The normalized spacial score (nSPS) is 44.0. The Morgan fingerprint density at radius 3 is 2.35 bits per heavy atom. The van der Waals surface area contributed by atoms with E-state index in [9.17, 15) is 10.1 Å². The zero-order chi connectivity index (χ0) is 12.0. The van der Waals surface area contributed by atoms with E-state index < -0.39 is 5.41 Å². The van der Waals surface area contributed by atoms with Gasteiger partial charge in [-0.05, 0) is 43.4 Å². The fourth-order valence-electron chi connectivity index (χ4n) is 4.15. The first-order valence-electron chi connectivity index (χ1n) is 6.85. The third-order valence-electron chi connectivity index (χ3n) is 5.03. The van der Waals surface area contributed by atoms with Crippen LogP contribution < -0.4 is 0 Å². The summed E-state index contributed by atoms with van der Waals surface area (Å²) in [6, 6.07) is 2.30. The number of hydrogen-bond acceptors (Lipinski definition) is 2. The average Bonchev–Trinajstić information content (AvgIpc) is 2.83. The van der Waals surface area contributed by atoms with Gasteiger partial charge in [0.25, 0.3) is 0 Å². The Bertz CT molecular complexity index is 366. The summed E-state index contributed by atoms with van der Waals surface area (Å²) in [7, 11) is 0. The van der Waals surface area contributed by atoms with Crippen LogP contribution in [0.1, 0.15) is 39.0 Å². The van der Waals surface area contributed by atoms with Crippen LogP contribution in [0.25, 0.3) is 0 Å². The molecule has 0 aromatic rings. The Labute approximate surface area is 103 Å². The Balaban J connectivity index is 1.70. The fourth-order valence-corrected chi connectivity index (χ4v) is 4.15. The second-order valence-corrected chi connectivity index (χ2v) is 6.37. The Hall–Kier alpha value is -1.04. The lowest BCUT2D eigenvalue weighted by atomic mass is 9.63. The lowest BCUT2D eigenvalue weighted by Crippen LogP contribution is -2.49. The lowest BCUT2D eigenvalue weighted by Gasteiger charge is -2.41. The fraction of sp³-hybridized carbons (Fsp3) is 0.857. The van der Waals surface area contributed by atoms with Gasteiger partial charge in [-0.15, -0.1) is 0 Å². The summed E-state index contributed by atoms with van der Waals surface area (Å²) in [5.41, 5.74) is -0.655. The third-order valence-corrected chi connectivity index (χ3v) is 5.03. The third kappa shape index (κ3) is 1.57. The predicted molar refractivity (Wildman–Crippen MR) is 63.9 cm³/mol. The largest absolute Gasteiger partial charge is 0.341 e. The van der Waals surface area contributed by atoms with Crippen molar-refractivity contribution in [3.8, 4) is 6.07 Å². The molecule has 3 fully saturated rings. The molecule has 0 aromatic carbocycles. The van der Waals surface area contributed by atoms with Gasteiger partial charge in [0.05, 0.1) is 6.07 Å². The molecule has 0 radical (unpaired) electrons. The van der Waals surface area contributed by atoms with Crippen molar-refractivity contribution in [3.05, 3.63) is 0 Å². The molecule has 0 N–H and O–H groups in total. The van der Waals surface area contributed by atoms with E-state index in [-0.39, 0.29) is 5.91 Å². The zero-order valence-electron chi connectivity index (χ0n) is 10.5. The molecule has 3 rings (SSSR count). The summed E-state index contributed by atoms with van der Waals surface area (Å²) in [6.45, 7) is 3.96. The number of carbonyl (C=O) groups is 1. The summed E-state index contributed by atoms with van der Waals surface area (Å²) < 4.78 is 0. The smallest absolute Gasteiger partial charge is 0.243 e. The maximum absolute atomic E-state index is 12.5. The van der Waals surface area contributed by atoms with E-state index in [1.54, 1.807) is 0 Å². The van der Waals surface area contributed by atoms with Gasteiger partial charge in [-0.1, -0.05) is 13.3 Å². The van der Waals surface area contributed by atoms with Crippen LogP contribution in [0, 0.1) is 34.5 Å². The van der Waals surface area contributed by atoms with Crippen molar-refractivity contribution in [2.45, 2.75) is 39.0 Å². The molecular weight excluding hydrogens is 212 g/mol. The zero-order valence-corrected chi connectivity index (χ0v) is 10.5. The quantitative estimate of drug-likeness (QED) is 0.695. The molecule has 17 heavy (non-hydrogen) atoms. The Kier molecular flexibility index (Phi) is 2.43. The Morgan fingerprint density at radius 1 is 1.29 bits per heavy atom. The van der Waals surface area contributed by atoms with Crippen LogP contribution in [0.5, 0.6) is 0 Å². The average molecular weight is 232 g/mol. The molecule has 2 unspecified atom stereocenters. The van der Waals surface area contributed by atoms with Crippen molar-refractivity contribution in [2.75, 3.05) is 13.1 Å². The van der Waals surface area contributed by atoms with E-state index in [1.807, 2.05) is 4.90 Å². The van der Waals surface area contributed by atoms with Crippen LogP contribution in [-0.4, -0.2) is 23.9 Å². The van der Waals surface area contributed by atoms with Gasteiger partial charge in [-0.3, -0.25) is 4.79 Å². The first-order chi connectivity index (χ1) is 8.14. The molecule has 3 heteroatoms. The monoisotopic (exact) mass is 232 g/mol. The second kappa shape index (κ2) is 3.73. The first-order valence-corrected chi connectivity index (χ1v) is 6.85. The molecule has 0 aromatic heterocycles. The van der Waals surface area contributed by atoms with Crippen LogP contribution in [0.15, 0.2) is 0 Å². The molecule has 1 saturated heterocycles. The van der Waals surface area contributed by atoms with Gasteiger partial charge in [0.1, 0.15) is 5.41 Å². The molecule has 0 bridgehead atoms. The number of fused-ring (bicyclic) bond motifs is 1. The topological polar surface area (TPSA) is 44.1 Å². The van der Waals surface area contributed by atoms with E-state index in [1.165, 1.54) is 19.3 Å². The van der Waals surface area contributed by atoms with Crippen molar-refractivity contribution in [1.29, 1.82) is 5.26 Å². The number of amides is 1. The minimum Gasteiger partial charge on any atom is -0.341 e. The molecule has 1 heterocycles. The molecule has 0 spiro atoms. The van der Waals surface area contributed by atoms with Gasteiger partial charge in [0.2, 0.25) is 5.91 Å². The molecule has 3 nitrogen and oxygen atoms in total. The molecule has 92 valence electrons. The van der Waals surface area contributed by atoms with Gasteiger partial charge in [-0.25, -0.2) is 0 Å². The van der Waals surface area contributed by atoms with Gasteiger partial charge in [-0.2, -0.15) is 5.26 Å². The summed E-state index contributed by atoms with van der Waals surface area (Å²) in [5, 5.41) is 9.29. The number of nitrogens with zero attached hydrogens (tertiary/aromatic N) is 2. The second-order valence-electron chi connectivity index (χ2n) is 6.37. The maximum atomic E-state index is 12.5. The highest BCUT2D eigenvalue weighted by atomic mass is 16.2.